The van der Waals surface area contributed by atoms with E-state index in [1.165, 1.54) is 7.11 Å². The van der Waals surface area contributed by atoms with E-state index in [1.54, 1.807) is 12.2 Å². The highest BCUT2D eigenvalue weighted by Gasteiger charge is 2.40. The van der Waals surface area contributed by atoms with Gasteiger partial charge in [-0.25, -0.2) is 0 Å². The Kier molecular flexibility index (Phi) is 12.0. The molecule has 0 aromatic heterocycles. The number of ketones is 2. The van der Waals surface area contributed by atoms with Gasteiger partial charge in [-0.15, -0.1) is 0 Å². The number of Topliss-reactive ketones (excluding diaryl/α,β-unsaturated/α-hetero) is 2. The Balaban J connectivity index is 2.52. The molecule has 0 bridgehead atoms. The zero-order valence-electron chi connectivity index (χ0n) is 18.1. The largest absolute Gasteiger partial charge is 0.469 e. The fraction of sp³-hybridized carbons (Fsp3) is 0.783. The summed E-state index contributed by atoms with van der Waals surface area (Å²) in [5.41, 5.74) is 0. The zero-order chi connectivity index (χ0) is 21.8. The Morgan fingerprint density at radius 2 is 1.93 bits per heavy atom. The van der Waals surface area contributed by atoms with Gasteiger partial charge in [0.1, 0.15) is 11.6 Å². The molecule has 1 fully saturated rings. The highest BCUT2D eigenvalue weighted by molar-refractivity contribution is 5.90. The quantitative estimate of drug-likeness (QED) is 0.259. The first-order chi connectivity index (χ1) is 13.8. The Morgan fingerprint density at radius 3 is 2.59 bits per heavy atom. The topological polar surface area (TPSA) is 101 Å². The van der Waals surface area contributed by atoms with Gasteiger partial charge in [-0.2, -0.15) is 0 Å². The van der Waals surface area contributed by atoms with Gasteiger partial charge in [0.2, 0.25) is 0 Å². The molecule has 0 amide bonds. The minimum atomic E-state index is -0.805. The second kappa shape index (κ2) is 13.6. The summed E-state index contributed by atoms with van der Waals surface area (Å²) in [6.45, 7) is 4.25. The van der Waals surface area contributed by atoms with Crippen LogP contribution in [0.1, 0.15) is 78.1 Å². The predicted octanol–water partition coefficient (Wildman–Crippen LogP) is 3.38. The first-order valence-electron chi connectivity index (χ1n) is 10.9. The molecule has 0 aliphatic heterocycles. The number of unbranched alkanes of at least 4 members (excludes halogenated alkanes) is 2. The van der Waals surface area contributed by atoms with Gasteiger partial charge in [0.25, 0.3) is 0 Å². The molecule has 0 heterocycles. The standard InChI is InChI=1S/C23H38O6/c1-4-5-8-16(2)13-18(25)11-12-19-20(22(27)15-21(19)26)14-17(24)9-6-7-10-23(28)29-3/h11-12,16,18-21,25-26H,4-10,13-15H2,1-3H3/b12-11+/t16?,18?,19-,20-,21-/m1/s1. The molecule has 5 atom stereocenters. The van der Waals surface area contributed by atoms with Gasteiger partial charge >= 0.3 is 5.97 Å². The van der Waals surface area contributed by atoms with E-state index in [0.29, 0.717) is 31.6 Å². The van der Waals surface area contributed by atoms with Crippen LogP contribution in [-0.2, 0) is 19.1 Å². The third-order valence-corrected chi connectivity index (χ3v) is 5.74. The van der Waals surface area contributed by atoms with Crippen molar-refractivity contribution in [1.29, 1.82) is 0 Å². The summed E-state index contributed by atoms with van der Waals surface area (Å²) < 4.78 is 4.57. The first kappa shape index (κ1) is 25.5. The van der Waals surface area contributed by atoms with Crippen LogP contribution in [0.4, 0.5) is 0 Å². The van der Waals surface area contributed by atoms with Crippen LogP contribution < -0.4 is 0 Å². The van der Waals surface area contributed by atoms with Crippen LogP contribution in [0, 0.1) is 17.8 Å². The predicted molar refractivity (Wildman–Crippen MR) is 111 cm³/mol. The Hall–Kier alpha value is -1.53. The van der Waals surface area contributed by atoms with Crippen LogP contribution in [0.15, 0.2) is 12.2 Å². The lowest BCUT2D eigenvalue weighted by Gasteiger charge is -2.18. The van der Waals surface area contributed by atoms with Gasteiger partial charge in [0, 0.05) is 37.5 Å². The van der Waals surface area contributed by atoms with E-state index in [4.69, 9.17) is 0 Å². The first-order valence-corrected chi connectivity index (χ1v) is 10.9. The van der Waals surface area contributed by atoms with E-state index in [9.17, 15) is 24.6 Å². The summed E-state index contributed by atoms with van der Waals surface area (Å²) in [5.74, 6) is -0.970. The molecule has 6 heteroatoms. The van der Waals surface area contributed by atoms with Gasteiger partial charge < -0.3 is 14.9 Å². The van der Waals surface area contributed by atoms with E-state index in [0.717, 1.165) is 19.3 Å². The number of hydrogen-bond donors (Lipinski definition) is 2. The maximum absolute atomic E-state index is 12.3. The van der Waals surface area contributed by atoms with Crippen molar-refractivity contribution < 1.29 is 29.3 Å². The van der Waals surface area contributed by atoms with E-state index >= 15 is 0 Å². The molecule has 1 aliphatic carbocycles. The zero-order valence-corrected chi connectivity index (χ0v) is 18.1. The van der Waals surface area contributed by atoms with Crippen LogP contribution in [0.3, 0.4) is 0 Å². The van der Waals surface area contributed by atoms with Crippen molar-refractivity contribution in [3.8, 4) is 0 Å². The lowest BCUT2D eigenvalue weighted by atomic mass is 9.87. The smallest absolute Gasteiger partial charge is 0.305 e. The lowest BCUT2D eigenvalue weighted by Crippen LogP contribution is -2.22. The van der Waals surface area contributed by atoms with Gasteiger partial charge in [0.05, 0.1) is 19.3 Å². The monoisotopic (exact) mass is 410 g/mol. The Morgan fingerprint density at radius 1 is 1.24 bits per heavy atom. The van der Waals surface area contributed by atoms with Gasteiger partial charge in [-0.05, 0) is 25.2 Å². The molecule has 2 unspecified atom stereocenters. The highest BCUT2D eigenvalue weighted by atomic mass is 16.5. The number of rotatable bonds is 14. The third kappa shape index (κ3) is 9.68. The average Bonchev–Trinajstić information content (AvgIpc) is 2.94. The maximum Gasteiger partial charge on any atom is 0.305 e. The van der Waals surface area contributed by atoms with E-state index in [-0.39, 0.29) is 36.8 Å². The molecule has 29 heavy (non-hydrogen) atoms. The molecule has 0 aromatic rings. The van der Waals surface area contributed by atoms with Crippen molar-refractivity contribution in [2.24, 2.45) is 17.8 Å². The summed E-state index contributed by atoms with van der Waals surface area (Å²) in [4.78, 5) is 35.6. The van der Waals surface area contributed by atoms with E-state index in [2.05, 4.69) is 18.6 Å². The van der Waals surface area contributed by atoms with E-state index < -0.39 is 24.0 Å². The number of ether oxygens (including phenoxy) is 1. The minimum Gasteiger partial charge on any atom is -0.469 e. The van der Waals surface area contributed by atoms with Crippen molar-refractivity contribution in [3.05, 3.63) is 12.2 Å². The maximum atomic E-state index is 12.3. The molecular formula is C23H38O6. The molecule has 6 nitrogen and oxygen atoms in total. The number of carbonyl (C=O) groups excluding carboxylic acids is 3. The summed E-state index contributed by atoms with van der Waals surface area (Å²) in [6, 6.07) is 0. The molecule has 0 radical (unpaired) electrons. The number of aliphatic hydroxyl groups excluding tert-OH is 2. The fourth-order valence-corrected chi connectivity index (χ4v) is 3.95. The number of carbonyl (C=O) groups is 3. The van der Waals surface area contributed by atoms with E-state index in [1.807, 2.05) is 0 Å². The number of hydrogen-bond acceptors (Lipinski definition) is 6. The van der Waals surface area contributed by atoms with Crippen molar-refractivity contribution in [2.45, 2.75) is 90.3 Å². The number of esters is 1. The van der Waals surface area contributed by atoms with Gasteiger partial charge in [-0.3, -0.25) is 14.4 Å². The van der Waals surface area contributed by atoms with Crippen LogP contribution in [0.5, 0.6) is 0 Å². The van der Waals surface area contributed by atoms with Crippen LogP contribution in [0.25, 0.3) is 0 Å². The summed E-state index contributed by atoms with van der Waals surface area (Å²) in [7, 11) is 1.33. The van der Waals surface area contributed by atoms with Gasteiger partial charge in [0.15, 0.2) is 0 Å². The molecule has 0 saturated heterocycles. The summed E-state index contributed by atoms with van der Waals surface area (Å²) in [6.07, 6.45) is 7.86. The summed E-state index contributed by atoms with van der Waals surface area (Å²) >= 11 is 0. The molecule has 2 N–H and O–H groups in total. The van der Waals surface area contributed by atoms with Crippen molar-refractivity contribution in [3.63, 3.8) is 0 Å². The molecular weight excluding hydrogens is 372 g/mol. The molecule has 166 valence electrons. The fourth-order valence-electron chi connectivity index (χ4n) is 3.95. The second-order valence-corrected chi connectivity index (χ2v) is 8.38. The Labute approximate surface area is 174 Å². The van der Waals surface area contributed by atoms with Gasteiger partial charge in [-0.1, -0.05) is 45.3 Å². The van der Waals surface area contributed by atoms with Crippen LogP contribution in [-0.4, -0.2) is 47.1 Å². The SMILES string of the molecule is CCCCC(C)CC(O)/C=C/[C@H]1[C@H](O)CC(=O)[C@@H]1CC(=O)CCCCC(=O)OC. The van der Waals surface area contributed by atoms with Crippen LogP contribution >= 0.6 is 0 Å². The number of methoxy groups -OCH3 is 1. The molecule has 1 rings (SSSR count). The summed E-state index contributed by atoms with van der Waals surface area (Å²) in [5, 5.41) is 20.5. The van der Waals surface area contributed by atoms with Crippen LogP contribution in [0.2, 0.25) is 0 Å². The van der Waals surface area contributed by atoms with Crippen molar-refractivity contribution in [1.82, 2.24) is 0 Å². The normalized spacial score (nSPS) is 24.0. The molecule has 0 aromatic carbocycles. The second-order valence-electron chi connectivity index (χ2n) is 8.38. The molecule has 1 aliphatic rings. The number of aliphatic hydroxyl groups is 2. The molecule has 1 saturated carbocycles. The minimum absolute atomic E-state index is 0.0329. The molecule has 0 spiro atoms. The average molecular weight is 411 g/mol. The Bertz CT molecular complexity index is 556. The lowest BCUT2D eigenvalue weighted by molar-refractivity contribution is -0.140. The third-order valence-electron chi connectivity index (χ3n) is 5.74. The van der Waals surface area contributed by atoms with Crippen molar-refractivity contribution in [2.75, 3.05) is 7.11 Å². The van der Waals surface area contributed by atoms with Crippen molar-refractivity contribution >= 4 is 17.5 Å². The highest BCUT2D eigenvalue weighted by Crippen LogP contribution is 2.34.